The number of hydrogen-bond donors (Lipinski definition) is 0. The zero-order valence-electron chi connectivity index (χ0n) is 16.3. The normalized spacial score (nSPS) is 15.6. The second-order valence-corrected chi connectivity index (χ2v) is 7.57. The second-order valence-electron chi connectivity index (χ2n) is 7.57. The van der Waals surface area contributed by atoms with E-state index in [-0.39, 0.29) is 17.7 Å². The molecule has 2 aliphatic rings. The Kier molecular flexibility index (Phi) is 4.75. The number of rotatable bonds is 4. The van der Waals surface area contributed by atoms with Gasteiger partial charge in [-0.1, -0.05) is 31.0 Å². The molecule has 0 unspecified atom stereocenters. The third-order valence-electron chi connectivity index (χ3n) is 5.55. The van der Waals surface area contributed by atoms with Crippen LogP contribution in [0.4, 0.5) is 5.69 Å². The van der Waals surface area contributed by atoms with Crippen molar-refractivity contribution in [2.75, 3.05) is 18.0 Å². The topological polar surface area (TPSA) is 57.7 Å². The highest BCUT2D eigenvalue weighted by molar-refractivity contribution is 6.22. The Hall–Kier alpha value is -2.95. The highest BCUT2D eigenvalue weighted by Crippen LogP contribution is 2.30. The van der Waals surface area contributed by atoms with E-state index in [1.54, 1.807) is 23.1 Å². The fraction of sp³-hybridized carbons (Fsp3) is 0.348. The van der Waals surface area contributed by atoms with Gasteiger partial charge in [-0.15, -0.1) is 0 Å². The smallest absolute Gasteiger partial charge is 0.261 e. The summed E-state index contributed by atoms with van der Waals surface area (Å²) < 4.78 is 0. The summed E-state index contributed by atoms with van der Waals surface area (Å²) in [5.74, 6) is -0.677. The minimum absolute atomic E-state index is 0.125. The summed E-state index contributed by atoms with van der Waals surface area (Å²) in [4.78, 5) is 41.5. The van der Waals surface area contributed by atoms with E-state index in [1.807, 2.05) is 19.1 Å². The first-order chi connectivity index (χ1) is 13.5. The van der Waals surface area contributed by atoms with Gasteiger partial charge in [0.15, 0.2) is 0 Å². The molecule has 0 bridgehead atoms. The molecule has 0 atom stereocenters. The maximum absolute atomic E-state index is 13.2. The van der Waals surface area contributed by atoms with Crippen molar-refractivity contribution in [3.63, 3.8) is 0 Å². The van der Waals surface area contributed by atoms with Gasteiger partial charge in [-0.25, -0.2) is 0 Å². The standard InChI is InChI=1S/C23H24N2O3/c1-3-4-11-25-22(27)18-9-8-17(14-19(18)23(25)28)21(26)24-12-5-6-16-13-15(2)7-10-20(16)24/h7-10,13-14H,3-6,11-12H2,1-2H3. The van der Waals surface area contributed by atoms with E-state index in [0.717, 1.165) is 31.4 Å². The van der Waals surface area contributed by atoms with Gasteiger partial charge in [0.25, 0.3) is 17.7 Å². The zero-order valence-corrected chi connectivity index (χ0v) is 16.3. The van der Waals surface area contributed by atoms with E-state index >= 15 is 0 Å². The Bertz CT molecular complexity index is 980. The van der Waals surface area contributed by atoms with Gasteiger partial charge in [0, 0.05) is 24.3 Å². The fourth-order valence-corrected chi connectivity index (χ4v) is 4.04. The predicted octanol–water partition coefficient (Wildman–Crippen LogP) is 3.98. The molecule has 2 aromatic carbocycles. The van der Waals surface area contributed by atoms with E-state index in [1.165, 1.54) is 16.0 Å². The van der Waals surface area contributed by atoms with Crippen molar-refractivity contribution < 1.29 is 14.4 Å². The molecular formula is C23H24N2O3. The number of benzene rings is 2. The van der Waals surface area contributed by atoms with Crippen LogP contribution in [0.1, 0.15) is 68.4 Å². The summed E-state index contributed by atoms with van der Waals surface area (Å²) in [5.41, 5.74) is 4.49. The summed E-state index contributed by atoms with van der Waals surface area (Å²) in [6, 6.07) is 11.0. The molecule has 2 aliphatic heterocycles. The summed E-state index contributed by atoms with van der Waals surface area (Å²) in [6.45, 7) is 5.15. The lowest BCUT2D eigenvalue weighted by Gasteiger charge is -2.30. The van der Waals surface area contributed by atoms with Crippen LogP contribution in [-0.4, -0.2) is 35.7 Å². The van der Waals surface area contributed by atoms with Gasteiger partial charge in [0.05, 0.1) is 11.1 Å². The molecule has 0 spiro atoms. The number of carbonyl (C=O) groups is 3. The third-order valence-corrected chi connectivity index (χ3v) is 5.55. The van der Waals surface area contributed by atoms with E-state index < -0.39 is 0 Å². The molecule has 4 rings (SSSR count). The van der Waals surface area contributed by atoms with Gasteiger partial charge < -0.3 is 4.90 Å². The average Bonchev–Trinajstić information content (AvgIpc) is 2.94. The first-order valence-corrected chi connectivity index (χ1v) is 9.93. The van der Waals surface area contributed by atoms with Crippen molar-refractivity contribution in [2.45, 2.75) is 39.5 Å². The van der Waals surface area contributed by atoms with Crippen LogP contribution in [0.25, 0.3) is 0 Å². The zero-order chi connectivity index (χ0) is 19.8. The Morgan fingerprint density at radius 2 is 1.82 bits per heavy atom. The Balaban J connectivity index is 1.65. The van der Waals surface area contributed by atoms with Crippen LogP contribution in [0.15, 0.2) is 36.4 Å². The van der Waals surface area contributed by atoms with Crippen LogP contribution in [0.3, 0.4) is 0 Å². The number of hydrogen-bond acceptors (Lipinski definition) is 3. The molecule has 0 saturated carbocycles. The number of carbonyl (C=O) groups excluding carboxylic acids is 3. The first-order valence-electron chi connectivity index (χ1n) is 9.93. The van der Waals surface area contributed by atoms with Crippen LogP contribution in [0.2, 0.25) is 0 Å². The highest BCUT2D eigenvalue weighted by atomic mass is 16.2. The largest absolute Gasteiger partial charge is 0.308 e. The lowest BCUT2D eigenvalue weighted by atomic mass is 9.98. The summed E-state index contributed by atoms with van der Waals surface area (Å²) in [6.07, 6.45) is 3.56. The van der Waals surface area contributed by atoms with Crippen LogP contribution in [0, 0.1) is 6.92 Å². The molecule has 0 aromatic heterocycles. The fourth-order valence-electron chi connectivity index (χ4n) is 4.04. The number of anilines is 1. The summed E-state index contributed by atoms with van der Waals surface area (Å²) in [7, 11) is 0. The lowest BCUT2D eigenvalue weighted by Crippen LogP contribution is -2.35. The predicted molar refractivity (Wildman–Crippen MR) is 108 cm³/mol. The third kappa shape index (κ3) is 3.01. The van der Waals surface area contributed by atoms with Crippen molar-refractivity contribution in [2.24, 2.45) is 0 Å². The minimum Gasteiger partial charge on any atom is -0.308 e. The molecule has 0 N–H and O–H groups in total. The number of nitrogens with zero attached hydrogens (tertiary/aromatic N) is 2. The van der Waals surface area contributed by atoms with Gasteiger partial charge in [-0.05, 0) is 56.0 Å². The number of aryl methyl sites for hydroxylation is 2. The van der Waals surface area contributed by atoms with Gasteiger partial charge in [-0.3, -0.25) is 19.3 Å². The molecule has 144 valence electrons. The monoisotopic (exact) mass is 376 g/mol. The highest BCUT2D eigenvalue weighted by Gasteiger charge is 2.36. The van der Waals surface area contributed by atoms with Crippen molar-refractivity contribution >= 4 is 23.4 Å². The van der Waals surface area contributed by atoms with E-state index in [9.17, 15) is 14.4 Å². The Morgan fingerprint density at radius 3 is 2.61 bits per heavy atom. The van der Waals surface area contributed by atoms with Crippen molar-refractivity contribution in [1.82, 2.24) is 4.90 Å². The van der Waals surface area contributed by atoms with Crippen molar-refractivity contribution in [1.29, 1.82) is 0 Å². The molecule has 5 heteroatoms. The van der Waals surface area contributed by atoms with Crippen LogP contribution >= 0.6 is 0 Å². The van der Waals surface area contributed by atoms with E-state index in [4.69, 9.17) is 0 Å². The Labute approximate surface area is 164 Å². The number of unbranched alkanes of at least 4 members (excludes halogenated alkanes) is 1. The molecule has 0 aliphatic carbocycles. The van der Waals surface area contributed by atoms with E-state index in [0.29, 0.717) is 29.8 Å². The van der Waals surface area contributed by atoms with Crippen LogP contribution in [-0.2, 0) is 6.42 Å². The number of fused-ring (bicyclic) bond motifs is 2. The SMILES string of the molecule is CCCCN1C(=O)c2ccc(C(=O)N3CCCc4cc(C)ccc43)cc2C1=O. The molecule has 3 amide bonds. The Morgan fingerprint density at radius 1 is 1.04 bits per heavy atom. The molecule has 5 nitrogen and oxygen atoms in total. The molecule has 28 heavy (non-hydrogen) atoms. The number of amides is 3. The molecule has 2 heterocycles. The molecular weight excluding hydrogens is 352 g/mol. The van der Waals surface area contributed by atoms with Gasteiger partial charge in [0.2, 0.25) is 0 Å². The van der Waals surface area contributed by atoms with Crippen molar-refractivity contribution in [3.05, 3.63) is 64.2 Å². The maximum Gasteiger partial charge on any atom is 0.261 e. The van der Waals surface area contributed by atoms with Crippen molar-refractivity contribution in [3.8, 4) is 0 Å². The summed E-state index contributed by atoms with van der Waals surface area (Å²) >= 11 is 0. The number of imide groups is 1. The van der Waals surface area contributed by atoms with Crippen LogP contribution < -0.4 is 4.90 Å². The molecule has 0 radical (unpaired) electrons. The second kappa shape index (κ2) is 7.23. The lowest BCUT2D eigenvalue weighted by molar-refractivity contribution is 0.0652. The minimum atomic E-state index is -0.294. The molecule has 0 fully saturated rings. The first kappa shape index (κ1) is 18.4. The van der Waals surface area contributed by atoms with Crippen LogP contribution in [0.5, 0.6) is 0 Å². The maximum atomic E-state index is 13.2. The summed E-state index contributed by atoms with van der Waals surface area (Å²) in [5, 5.41) is 0. The molecule has 0 saturated heterocycles. The van der Waals surface area contributed by atoms with Gasteiger partial charge >= 0.3 is 0 Å². The quantitative estimate of drug-likeness (QED) is 0.759. The average molecular weight is 376 g/mol. The van der Waals surface area contributed by atoms with Gasteiger partial charge in [-0.2, -0.15) is 0 Å². The molecule has 2 aromatic rings. The van der Waals surface area contributed by atoms with Gasteiger partial charge in [0.1, 0.15) is 0 Å². The van der Waals surface area contributed by atoms with E-state index in [2.05, 4.69) is 13.0 Å².